The minimum Gasteiger partial charge on any atom is -0.456 e. The average molecular weight is 852 g/mol. The van der Waals surface area contributed by atoms with Crippen LogP contribution in [0.15, 0.2) is 209 Å². The highest BCUT2D eigenvalue weighted by Gasteiger charge is 2.28. The third-order valence-corrected chi connectivity index (χ3v) is 15.1. The highest BCUT2D eigenvalue weighted by molar-refractivity contribution is 6.34. The van der Waals surface area contributed by atoms with Gasteiger partial charge >= 0.3 is 0 Å². The molecule has 5 heteroatoms. The van der Waals surface area contributed by atoms with Crippen LogP contribution in [0.25, 0.3) is 159 Å². The molecule has 0 bridgehead atoms. The lowest BCUT2D eigenvalue weighted by molar-refractivity contribution is 0.669. The molecule has 5 nitrogen and oxygen atoms in total. The lowest BCUT2D eigenvalue weighted by Gasteiger charge is -2.16. The lowest BCUT2D eigenvalue weighted by Crippen LogP contribution is -1.98. The monoisotopic (exact) mass is 851 g/mol. The number of hydrogen-bond acceptors (Lipinski definition) is 2. The minimum absolute atomic E-state index is 0.903. The minimum atomic E-state index is 0.903. The zero-order valence-corrected chi connectivity index (χ0v) is 35.7. The van der Waals surface area contributed by atoms with E-state index in [1.54, 1.807) is 0 Å². The van der Waals surface area contributed by atoms with Gasteiger partial charge in [0.05, 0.1) is 50.0 Å². The van der Waals surface area contributed by atoms with Crippen LogP contribution in [0, 0.1) is 0 Å². The van der Waals surface area contributed by atoms with Crippen LogP contribution < -0.4 is 0 Å². The summed E-state index contributed by atoms with van der Waals surface area (Å²) in [5.41, 5.74) is 14.3. The molecule has 0 amide bonds. The zero-order valence-electron chi connectivity index (χ0n) is 35.7. The molecule has 67 heavy (non-hydrogen) atoms. The van der Waals surface area contributed by atoms with Crippen molar-refractivity contribution >= 4 is 147 Å². The molecule has 17 rings (SSSR count). The van der Waals surface area contributed by atoms with E-state index in [1.165, 1.54) is 104 Å². The Balaban J connectivity index is 1.07. The summed E-state index contributed by atoms with van der Waals surface area (Å²) in [6, 6.07) is 73.2. The van der Waals surface area contributed by atoms with Crippen molar-refractivity contribution in [2.24, 2.45) is 0 Å². The third kappa shape index (κ3) is 4.09. The first-order valence-corrected chi connectivity index (χ1v) is 23.0. The number of fused-ring (bicyclic) bond motifs is 22. The second-order valence-corrected chi connectivity index (χ2v) is 18.3. The van der Waals surface area contributed by atoms with Crippen molar-refractivity contribution in [3.8, 4) is 11.4 Å². The predicted molar refractivity (Wildman–Crippen MR) is 279 cm³/mol. The van der Waals surface area contributed by atoms with E-state index >= 15 is 0 Å². The lowest BCUT2D eigenvalue weighted by atomic mass is 9.99. The molecule has 0 spiro atoms. The molecule has 0 fully saturated rings. The molecular formula is C62H33N3O2. The van der Waals surface area contributed by atoms with Crippen LogP contribution in [0.4, 0.5) is 0 Å². The molecule has 0 aliphatic carbocycles. The van der Waals surface area contributed by atoms with Gasteiger partial charge < -0.3 is 22.4 Å². The number of para-hydroxylation sites is 5. The third-order valence-electron chi connectivity index (χ3n) is 15.1. The Hall–Kier alpha value is -9.06. The van der Waals surface area contributed by atoms with E-state index in [0.717, 1.165) is 54.9 Å². The van der Waals surface area contributed by atoms with E-state index in [2.05, 4.69) is 214 Å². The van der Waals surface area contributed by atoms with Gasteiger partial charge in [0.25, 0.3) is 0 Å². The summed E-state index contributed by atoms with van der Waals surface area (Å²) < 4.78 is 20.7. The number of nitrogens with zero attached hydrogens (tertiary/aromatic N) is 3. The molecule has 17 aromatic rings. The Morgan fingerprint density at radius 2 is 0.657 bits per heavy atom. The molecule has 0 radical (unpaired) electrons. The molecule has 0 saturated carbocycles. The Morgan fingerprint density at radius 1 is 0.254 bits per heavy atom. The summed E-state index contributed by atoms with van der Waals surface area (Å²) in [6.07, 6.45) is 0. The Kier molecular flexibility index (Phi) is 6.15. The van der Waals surface area contributed by atoms with Crippen molar-refractivity contribution in [1.29, 1.82) is 0 Å². The molecule has 0 N–H and O–H groups in total. The summed E-state index contributed by atoms with van der Waals surface area (Å²) in [7, 11) is 0. The Bertz CT molecular complexity index is 4740. The smallest absolute Gasteiger partial charge is 0.136 e. The summed E-state index contributed by atoms with van der Waals surface area (Å²) in [4.78, 5) is 0. The maximum atomic E-state index is 6.51. The fourth-order valence-electron chi connectivity index (χ4n) is 12.6. The molecule has 6 heterocycles. The van der Waals surface area contributed by atoms with Gasteiger partial charge in [-0.15, -0.1) is 0 Å². The van der Waals surface area contributed by atoms with Crippen molar-refractivity contribution in [2.45, 2.75) is 0 Å². The SMILES string of the molecule is c1ccc2c(-n3c4ccccc4c4c5c(ccc43)oc3ccccc35)c3c4cccc5c6c(-n7c8ccccc8c8c9c(ccc87)oc7ccccc79)c7ccccc7cc6n(c3cc2c1)c45. The van der Waals surface area contributed by atoms with Crippen LogP contribution >= 0.6 is 0 Å². The number of aromatic nitrogens is 3. The van der Waals surface area contributed by atoms with E-state index in [9.17, 15) is 0 Å². The number of benzene rings is 11. The summed E-state index contributed by atoms with van der Waals surface area (Å²) in [6.45, 7) is 0. The zero-order chi connectivity index (χ0) is 43.2. The summed E-state index contributed by atoms with van der Waals surface area (Å²) in [5.74, 6) is 0. The van der Waals surface area contributed by atoms with Gasteiger partial charge in [-0.3, -0.25) is 0 Å². The molecule has 0 unspecified atom stereocenters. The molecular weight excluding hydrogens is 819 g/mol. The largest absolute Gasteiger partial charge is 0.456 e. The van der Waals surface area contributed by atoms with E-state index in [0.29, 0.717) is 0 Å². The number of rotatable bonds is 2. The van der Waals surface area contributed by atoms with Crippen molar-refractivity contribution in [1.82, 2.24) is 13.5 Å². The van der Waals surface area contributed by atoms with Crippen molar-refractivity contribution in [3.63, 3.8) is 0 Å². The fourth-order valence-corrected chi connectivity index (χ4v) is 12.6. The van der Waals surface area contributed by atoms with Gasteiger partial charge in [0.1, 0.15) is 22.3 Å². The van der Waals surface area contributed by atoms with Gasteiger partial charge in [0, 0.05) is 75.4 Å². The Labute approximate surface area is 379 Å². The van der Waals surface area contributed by atoms with Crippen molar-refractivity contribution in [3.05, 3.63) is 200 Å². The normalized spacial score (nSPS) is 12.8. The first kappa shape index (κ1) is 34.4. The summed E-state index contributed by atoms with van der Waals surface area (Å²) in [5, 5.41) is 19.2. The summed E-state index contributed by atoms with van der Waals surface area (Å²) >= 11 is 0. The Morgan fingerprint density at radius 3 is 1.15 bits per heavy atom. The highest BCUT2D eigenvalue weighted by Crippen LogP contribution is 2.51. The standard InChI is InChI=1S/C62H33N3O2/c1-3-16-36-34(14-1)32-48-56(61(36)63-44-24-9-5-18-38(44)54-46(63)28-30-52-58(54)40-20-7-11-26-50(40)66-52)42-22-13-23-43-57-49(65(48)60(42)43)33-35-15-2-4-17-37(35)62(57)64-45-25-10-6-19-39(45)55-47(64)29-31-53-59(55)41-21-8-12-27-51(41)67-53/h1-33H. The molecule has 6 aromatic heterocycles. The van der Waals surface area contributed by atoms with E-state index < -0.39 is 0 Å². The van der Waals surface area contributed by atoms with E-state index in [4.69, 9.17) is 8.83 Å². The molecule has 0 aliphatic heterocycles. The molecule has 308 valence electrons. The molecule has 0 atom stereocenters. The van der Waals surface area contributed by atoms with Gasteiger partial charge in [-0.1, -0.05) is 140 Å². The first-order valence-electron chi connectivity index (χ1n) is 23.0. The van der Waals surface area contributed by atoms with Crippen LogP contribution in [-0.2, 0) is 0 Å². The van der Waals surface area contributed by atoms with Crippen molar-refractivity contribution < 1.29 is 8.83 Å². The predicted octanol–water partition coefficient (Wildman–Crippen LogP) is 17.1. The maximum absolute atomic E-state index is 6.51. The van der Waals surface area contributed by atoms with Crippen molar-refractivity contribution in [2.75, 3.05) is 0 Å². The molecule has 11 aromatic carbocycles. The molecule has 0 aliphatic rings. The molecule has 0 saturated heterocycles. The number of hydrogen-bond donors (Lipinski definition) is 0. The maximum Gasteiger partial charge on any atom is 0.136 e. The van der Waals surface area contributed by atoms with Gasteiger partial charge in [0.2, 0.25) is 0 Å². The van der Waals surface area contributed by atoms with Crippen LogP contribution in [0.5, 0.6) is 0 Å². The second kappa shape index (κ2) is 12.0. The van der Waals surface area contributed by atoms with Gasteiger partial charge in [0.15, 0.2) is 0 Å². The quantitative estimate of drug-likeness (QED) is 0.174. The highest BCUT2D eigenvalue weighted by atomic mass is 16.3. The van der Waals surface area contributed by atoms with Gasteiger partial charge in [-0.25, -0.2) is 0 Å². The second-order valence-electron chi connectivity index (χ2n) is 18.3. The van der Waals surface area contributed by atoms with Crippen LogP contribution in [-0.4, -0.2) is 13.5 Å². The number of furan rings is 2. The van der Waals surface area contributed by atoms with Crippen LogP contribution in [0.1, 0.15) is 0 Å². The van der Waals surface area contributed by atoms with Crippen LogP contribution in [0.2, 0.25) is 0 Å². The van der Waals surface area contributed by atoms with Crippen LogP contribution in [0.3, 0.4) is 0 Å². The van der Waals surface area contributed by atoms with E-state index in [1.807, 2.05) is 0 Å². The van der Waals surface area contributed by atoms with E-state index in [-0.39, 0.29) is 0 Å². The topological polar surface area (TPSA) is 40.5 Å². The first-order chi connectivity index (χ1) is 33.3. The van der Waals surface area contributed by atoms with Gasteiger partial charge in [-0.2, -0.15) is 0 Å². The fraction of sp³-hybridized carbons (Fsp3) is 0. The average Bonchev–Trinajstić information content (AvgIpc) is 4.22. The van der Waals surface area contributed by atoms with Gasteiger partial charge in [-0.05, 0) is 71.4 Å².